The Morgan fingerprint density at radius 3 is 2.53 bits per heavy atom. The topological polar surface area (TPSA) is 33.7 Å². The summed E-state index contributed by atoms with van der Waals surface area (Å²) in [5.74, 6) is 0.541. The van der Waals surface area contributed by atoms with Gasteiger partial charge in [-0.25, -0.2) is 0 Å². The van der Waals surface area contributed by atoms with E-state index in [1.54, 1.807) is 6.07 Å². The van der Waals surface area contributed by atoms with Crippen molar-refractivity contribution in [1.82, 2.24) is 5.32 Å². The van der Waals surface area contributed by atoms with E-state index in [4.69, 9.17) is 9.47 Å². The molecule has 2 aromatic rings. The molecule has 2 aromatic carbocycles. The third-order valence-corrected chi connectivity index (χ3v) is 5.68. The Bertz CT molecular complexity index is 788. The minimum absolute atomic E-state index is 0. The lowest BCUT2D eigenvalue weighted by molar-refractivity contribution is -0.0520. The van der Waals surface area contributed by atoms with Gasteiger partial charge in [0.2, 0.25) is 0 Å². The normalized spacial score (nSPS) is 19.6. The van der Waals surface area contributed by atoms with Crippen LogP contribution >= 0.6 is 12.4 Å². The van der Waals surface area contributed by atoms with E-state index in [1.165, 1.54) is 5.56 Å². The molecule has 4 rings (SSSR count). The molecule has 1 N–H and O–H groups in total. The number of rotatable bonds is 7. The molecule has 1 aliphatic carbocycles. The van der Waals surface area contributed by atoms with Crippen LogP contribution < -0.4 is 19.7 Å². The number of piperazine rings is 1. The maximum Gasteiger partial charge on any atom is 0.387 e. The van der Waals surface area contributed by atoms with Crippen molar-refractivity contribution in [3.8, 4) is 11.5 Å². The van der Waals surface area contributed by atoms with E-state index in [0.29, 0.717) is 11.8 Å². The summed E-state index contributed by atoms with van der Waals surface area (Å²) in [6, 6.07) is 16.1. The Morgan fingerprint density at radius 2 is 1.80 bits per heavy atom. The van der Waals surface area contributed by atoms with E-state index in [9.17, 15) is 8.78 Å². The summed E-state index contributed by atoms with van der Waals surface area (Å²) in [7, 11) is 0. The molecule has 0 aromatic heterocycles. The van der Waals surface area contributed by atoms with Crippen molar-refractivity contribution in [2.75, 3.05) is 24.5 Å². The largest absolute Gasteiger partial charge is 0.486 e. The van der Waals surface area contributed by atoms with Gasteiger partial charge in [0.1, 0.15) is 0 Å². The molecule has 1 saturated heterocycles. The van der Waals surface area contributed by atoms with E-state index < -0.39 is 6.61 Å². The SMILES string of the molecule is Cl.FC(F)Oc1ccc(N2CCN[C@@H](Cc3ccccc3)C2)cc1OC1CCCC1. The van der Waals surface area contributed by atoms with Crippen LogP contribution in [0.15, 0.2) is 48.5 Å². The van der Waals surface area contributed by atoms with Crippen LogP contribution in [0.5, 0.6) is 11.5 Å². The van der Waals surface area contributed by atoms with Crippen LogP contribution in [0.3, 0.4) is 0 Å². The van der Waals surface area contributed by atoms with Gasteiger partial charge in [-0.05, 0) is 49.8 Å². The number of nitrogens with zero attached hydrogens (tertiary/aromatic N) is 1. The molecule has 1 aliphatic heterocycles. The van der Waals surface area contributed by atoms with E-state index >= 15 is 0 Å². The Balaban J connectivity index is 0.00000256. The van der Waals surface area contributed by atoms with Gasteiger partial charge in [0.15, 0.2) is 11.5 Å². The van der Waals surface area contributed by atoms with Crippen LogP contribution in [0.4, 0.5) is 14.5 Å². The second-order valence-electron chi connectivity index (χ2n) is 7.82. The highest BCUT2D eigenvalue weighted by Crippen LogP contribution is 2.36. The van der Waals surface area contributed by atoms with Gasteiger partial charge in [0.05, 0.1) is 6.10 Å². The van der Waals surface area contributed by atoms with E-state index in [0.717, 1.165) is 57.4 Å². The van der Waals surface area contributed by atoms with Crippen molar-refractivity contribution < 1.29 is 18.3 Å². The molecule has 1 saturated carbocycles. The lowest BCUT2D eigenvalue weighted by atomic mass is 10.0. The highest BCUT2D eigenvalue weighted by atomic mass is 35.5. The summed E-state index contributed by atoms with van der Waals surface area (Å²) < 4.78 is 36.4. The Kier molecular flexibility index (Phi) is 8.16. The van der Waals surface area contributed by atoms with Gasteiger partial charge < -0.3 is 19.7 Å². The predicted molar refractivity (Wildman–Crippen MR) is 117 cm³/mol. The van der Waals surface area contributed by atoms with Crippen LogP contribution in [0.1, 0.15) is 31.2 Å². The minimum Gasteiger partial charge on any atom is -0.486 e. The lowest BCUT2D eigenvalue weighted by Crippen LogP contribution is -2.51. The highest BCUT2D eigenvalue weighted by Gasteiger charge is 2.23. The van der Waals surface area contributed by atoms with E-state index in [2.05, 4.69) is 34.5 Å². The second kappa shape index (κ2) is 10.8. The van der Waals surface area contributed by atoms with Crippen molar-refractivity contribution in [2.24, 2.45) is 0 Å². The Hall–Kier alpha value is -2.05. The number of nitrogens with one attached hydrogen (secondary N) is 1. The molecule has 0 amide bonds. The zero-order valence-electron chi connectivity index (χ0n) is 16.9. The second-order valence-corrected chi connectivity index (χ2v) is 7.82. The third-order valence-electron chi connectivity index (χ3n) is 5.68. The molecular formula is C23H29ClF2N2O2. The van der Waals surface area contributed by atoms with Crippen LogP contribution in [-0.2, 0) is 6.42 Å². The minimum atomic E-state index is -2.86. The van der Waals surface area contributed by atoms with Crippen LogP contribution in [-0.4, -0.2) is 38.4 Å². The van der Waals surface area contributed by atoms with Gasteiger partial charge in [-0.3, -0.25) is 0 Å². The molecular weight excluding hydrogens is 410 g/mol. The van der Waals surface area contributed by atoms with Gasteiger partial charge in [0.25, 0.3) is 0 Å². The highest BCUT2D eigenvalue weighted by molar-refractivity contribution is 5.85. The molecule has 4 nitrogen and oxygen atoms in total. The van der Waals surface area contributed by atoms with Crippen molar-refractivity contribution in [2.45, 2.75) is 50.9 Å². The molecule has 1 heterocycles. The average molecular weight is 439 g/mol. The van der Waals surface area contributed by atoms with Gasteiger partial charge in [0, 0.05) is 37.4 Å². The first kappa shape index (κ1) is 22.6. The Labute approximate surface area is 183 Å². The molecule has 30 heavy (non-hydrogen) atoms. The van der Waals surface area contributed by atoms with Gasteiger partial charge in [-0.1, -0.05) is 30.3 Å². The molecule has 0 spiro atoms. The van der Waals surface area contributed by atoms with Crippen molar-refractivity contribution in [3.05, 3.63) is 54.1 Å². The monoisotopic (exact) mass is 438 g/mol. The first-order valence-corrected chi connectivity index (χ1v) is 10.4. The van der Waals surface area contributed by atoms with Crippen molar-refractivity contribution >= 4 is 18.1 Å². The smallest absolute Gasteiger partial charge is 0.387 e. The van der Waals surface area contributed by atoms with E-state index in [-0.39, 0.29) is 24.3 Å². The zero-order chi connectivity index (χ0) is 20.1. The molecule has 1 atom stereocenters. The predicted octanol–water partition coefficient (Wildman–Crippen LogP) is 5.05. The van der Waals surface area contributed by atoms with E-state index in [1.807, 2.05) is 18.2 Å². The fourth-order valence-corrected chi connectivity index (χ4v) is 4.26. The van der Waals surface area contributed by atoms with Gasteiger partial charge >= 0.3 is 6.61 Å². The van der Waals surface area contributed by atoms with Crippen molar-refractivity contribution in [1.29, 1.82) is 0 Å². The molecule has 2 fully saturated rings. The summed E-state index contributed by atoms with van der Waals surface area (Å²) in [5, 5.41) is 3.58. The quantitative estimate of drug-likeness (QED) is 0.655. The van der Waals surface area contributed by atoms with Crippen LogP contribution in [0, 0.1) is 0 Å². The van der Waals surface area contributed by atoms with Crippen LogP contribution in [0.25, 0.3) is 0 Å². The standard InChI is InChI=1S/C23H28F2N2O2.ClH/c24-23(25)29-21-11-10-19(15-22(21)28-20-8-4-5-9-20)27-13-12-26-18(16-27)14-17-6-2-1-3-7-17;/h1-3,6-7,10-11,15,18,20,23,26H,4-5,8-9,12-14,16H2;1H/t18-;/m0./s1. The van der Waals surface area contributed by atoms with Crippen molar-refractivity contribution in [3.63, 3.8) is 0 Å². The summed E-state index contributed by atoms with van der Waals surface area (Å²) >= 11 is 0. The molecule has 2 aliphatic rings. The molecule has 164 valence electrons. The number of alkyl halides is 2. The van der Waals surface area contributed by atoms with Crippen LogP contribution in [0.2, 0.25) is 0 Å². The molecule has 0 unspecified atom stereocenters. The zero-order valence-corrected chi connectivity index (χ0v) is 17.8. The summed E-state index contributed by atoms with van der Waals surface area (Å²) in [5.41, 5.74) is 2.29. The molecule has 0 radical (unpaired) electrons. The third kappa shape index (κ3) is 5.99. The fraction of sp³-hybridized carbons (Fsp3) is 0.478. The number of benzene rings is 2. The maximum atomic E-state index is 12.8. The molecule has 0 bridgehead atoms. The fourth-order valence-electron chi connectivity index (χ4n) is 4.26. The summed E-state index contributed by atoms with van der Waals surface area (Å²) in [6.45, 7) is -0.261. The maximum absolute atomic E-state index is 12.8. The number of ether oxygens (including phenoxy) is 2. The number of hydrogen-bond acceptors (Lipinski definition) is 4. The lowest BCUT2D eigenvalue weighted by Gasteiger charge is -2.35. The van der Waals surface area contributed by atoms with Gasteiger partial charge in [-0.2, -0.15) is 8.78 Å². The number of hydrogen-bond donors (Lipinski definition) is 1. The first-order chi connectivity index (χ1) is 14.2. The first-order valence-electron chi connectivity index (χ1n) is 10.4. The molecule has 7 heteroatoms. The summed E-state index contributed by atoms with van der Waals surface area (Å²) in [6.07, 6.45) is 5.20. The number of halogens is 3. The van der Waals surface area contributed by atoms with Gasteiger partial charge in [-0.15, -0.1) is 12.4 Å². The Morgan fingerprint density at radius 1 is 1.03 bits per heavy atom. The summed E-state index contributed by atoms with van der Waals surface area (Å²) in [4.78, 5) is 2.29. The average Bonchev–Trinajstić information content (AvgIpc) is 3.23. The number of anilines is 1.